The molecule has 1 fully saturated rings. The van der Waals surface area contributed by atoms with Crippen LogP contribution in [0.15, 0.2) is 48.7 Å². The summed E-state index contributed by atoms with van der Waals surface area (Å²) in [4.78, 5) is 19.7. The summed E-state index contributed by atoms with van der Waals surface area (Å²) in [6.45, 7) is 3.58. The lowest BCUT2D eigenvalue weighted by Gasteiger charge is -2.37. The van der Waals surface area contributed by atoms with Crippen LogP contribution in [-0.2, 0) is 11.3 Å². The Morgan fingerprint density at radius 3 is 2.74 bits per heavy atom. The van der Waals surface area contributed by atoms with Gasteiger partial charge in [-0.25, -0.2) is 0 Å². The average Bonchev–Trinajstić information content (AvgIpc) is 3.16. The fraction of sp³-hybridized carbons (Fsp3) is 0.304. The van der Waals surface area contributed by atoms with Crippen LogP contribution in [0.2, 0.25) is 5.02 Å². The number of rotatable bonds is 7. The minimum Gasteiger partial charge on any atom is -0.480 e. The van der Waals surface area contributed by atoms with Gasteiger partial charge < -0.3 is 14.8 Å². The van der Waals surface area contributed by atoms with E-state index in [1.165, 1.54) is 0 Å². The number of hydrogen-bond acceptors (Lipinski definition) is 5. The number of carboxylic acids is 1. The number of carboxylic acid groups (broad SMARTS) is 1. The van der Waals surface area contributed by atoms with Gasteiger partial charge in [0, 0.05) is 60.4 Å². The van der Waals surface area contributed by atoms with Crippen molar-refractivity contribution in [2.75, 3.05) is 32.8 Å². The highest BCUT2D eigenvalue weighted by Gasteiger charge is 2.32. The van der Waals surface area contributed by atoms with Gasteiger partial charge in [0.1, 0.15) is 17.9 Å². The highest BCUT2D eigenvalue weighted by molar-refractivity contribution is 6.30. The Balaban J connectivity index is 1.50. The number of piperazine rings is 1. The number of carbonyl (C=O) groups is 1. The maximum atomic E-state index is 12.2. The van der Waals surface area contributed by atoms with E-state index in [0.717, 1.165) is 41.1 Å². The van der Waals surface area contributed by atoms with Gasteiger partial charge in [-0.3, -0.25) is 14.6 Å². The zero-order chi connectivity index (χ0) is 21.8. The summed E-state index contributed by atoms with van der Waals surface area (Å²) in [5.41, 5.74) is 2.69. The van der Waals surface area contributed by atoms with Crippen LogP contribution in [0.25, 0.3) is 10.9 Å². The molecule has 8 heteroatoms. The molecule has 7 nitrogen and oxygen atoms in total. The molecule has 1 aromatic heterocycles. The van der Waals surface area contributed by atoms with E-state index < -0.39 is 12.0 Å². The van der Waals surface area contributed by atoms with E-state index in [0.29, 0.717) is 24.4 Å². The standard InChI is InChI=1S/C23H23ClN4O3/c24-17-3-1-2-16(12-17)15-27-7-9-28(10-8-27)22(23(29)30)20-14-26-21-5-4-18(13-19(20)21)31-11-6-25/h1-5,12-14,22,26H,7-11,15H2,(H,29,30)/t22-/m0/s1. The molecule has 2 aromatic carbocycles. The van der Waals surface area contributed by atoms with E-state index in [2.05, 4.69) is 16.0 Å². The van der Waals surface area contributed by atoms with Crippen molar-refractivity contribution in [3.8, 4) is 11.8 Å². The molecule has 0 aliphatic carbocycles. The van der Waals surface area contributed by atoms with Gasteiger partial charge in [-0.15, -0.1) is 0 Å². The Labute approximate surface area is 185 Å². The van der Waals surface area contributed by atoms with Crippen LogP contribution in [0.1, 0.15) is 17.2 Å². The number of fused-ring (bicyclic) bond motifs is 1. The molecule has 0 radical (unpaired) electrons. The predicted octanol–water partition coefficient (Wildman–Crippen LogP) is 3.67. The molecule has 1 aliphatic rings. The first kappa shape index (κ1) is 21.2. The molecule has 0 spiro atoms. The molecule has 2 N–H and O–H groups in total. The van der Waals surface area contributed by atoms with E-state index in [1.807, 2.05) is 35.2 Å². The van der Waals surface area contributed by atoms with Gasteiger partial charge in [-0.1, -0.05) is 23.7 Å². The van der Waals surface area contributed by atoms with Gasteiger partial charge in [0.15, 0.2) is 6.61 Å². The highest BCUT2D eigenvalue weighted by Crippen LogP contribution is 2.32. The summed E-state index contributed by atoms with van der Waals surface area (Å²) >= 11 is 6.09. The van der Waals surface area contributed by atoms with Gasteiger partial charge in [0.05, 0.1) is 0 Å². The number of hydrogen-bond donors (Lipinski definition) is 2. The van der Waals surface area contributed by atoms with Gasteiger partial charge >= 0.3 is 5.97 Å². The van der Waals surface area contributed by atoms with E-state index in [1.54, 1.807) is 18.3 Å². The van der Waals surface area contributed by atoms with E-state index in [9.17, 15) is 9.90 Å². The van der Waals surface area contributed by atoms with Crippen molar-refractivity contribution < 1.29 is 14.6 Å². The second-order valence-electron chi connectivity index (χ2n) is 7.58. The molecular weight excluding hydrogens is 416 g/mol. The van der Waals surface area contributed by atoms with Crippen molar-refractivity contribution in [3.05, 3.63) is 64.8 Å². The van der Waals surface area contributed by atoms with Crippen LogP contribution in [0.5, 0.6) is 5.75 Å². The van der Waals surface area contributed by atoms with E-state index in [-0.39, 0.29) is 6.61 Å². The Morgan fingerprint density at radius 2 is 2.03 bits per heavy atom. The van der Waals surface area contributed by atoms with Crippen LogP contribution < -0.4 is 4.74 Å². The first-order valence-corrected chi connectivity index (χ1v) is 10.5. The topological polar surface area (TPSA) is 92.6 Å². The number of H-pyrrole nitrogens is 1. The number of aliphatic carboxylic acids is 1. The lowest BCUT2D eigenvalue weighted by Crippen LogP contribution is -2.48. The SMILES string of the molecule is N#CCOc1ccc2[nH]cc([C@@H](C(=O)O)N3CCN(Cc4cccc(Cl)c4)CC3)c2c1. The summed E-state index contributed by atoms with van der Waals surface area (Å²) in [5.74, 6) is -0.335. The molecule has 1 aliphatic heterocycles. The molecular formula is C23H23ClN4O3. The van der Waals surface area contributed by atoms with E-state index in [4.69, 9.17) is 21.6 Å². The lowest BCUT2D eigenvalue weighted by molar-refractivity contribution is -0.144. The number of aromatic amines is 1. The Morgan fingerprint density at radius 1 is 1.23 bits per heavy atom. The number of ether oxygens (including phenoxy) is 1. The molecule has 0 unspecified atom stereocenters. The largest absolute Gasteiger partial charge is 0.480 e. The van der Waals surface area contributed by atoms with Gasteiger partial charge in [-0.2, -0.15) is 5.26 Å². The second kappa shape index (κ2) is 9.40. The van der Waals surface area contributed by atoms with Gasteiger partial charge in [0.2, 0.25) is 0 Å². The molecule has 4 rings (SSSR count). The molecule has 0 saturated carbocycles. The summed E-state index contributed by atoms with van der Waals surface area (Å²) < 4.78 is 5.40. The van der Waals surface area contributed by atoms with Crippen LogP contribution >= 0.6 is 11.6 Å². The van der Waals surface area contributed by atoms with Crippen molar-refractivity contribution in [1.82, 2.24) is 14.8 Å². The number of nitrogens with one attached hydrogen (secondary N) is 1. The second-order valence-corrected chi connectivity index (χ2v) is 8.02. The third-order valence-electron chi connectivity index (χ3n) is 5.58. The Bertz CT molecular complexity index is 1120. The maximum Gasteiger partial charge on any atom is 0.325 e. The van der Waals surface area contributed by atoms with Crippen molar-refractivity contribution in [2.45, 2.75) is 12.6 Å². The van der Waals surface area contributed by atoms with Crippen molar-refractivity contribution in [2.24, 2.45) is 0 Å². The molecule has 0 bridgehead atoms. The number of halogens is 1. The molecule has 31 heavy (non-hydrogen) atoms. The summed E-state index contributed by atoms with van der Waals surface area (Å²) in [6, 6.07) is 14.4. The average molecular weight is 439 g/mol. The van der Waals surface area contributed by atoms with Crippen molar-refractivity contribution >= 4 is 28.5 Å². The van der Waals surface area contributed by atoms with E-state index >= 15 is 0 Å². The minimum absolute atomic E-state index is 0.0534. The zero-order valence-corrected chi connectivity index (χ0v) is 17.7. The summed E-state index contributed by atoms with van der Waals surface area (Å²) in [7, 11) is 0. The van der Waals surface area contributed by atoms with Crippen LogP contribution in [0.4, 0.5) is 0 Å². The highest BCUT2D eigenvalue weighted by atomic mass is 35.5. The summed E-state index contributed by atoms with van der Waals surface area (Å²) in [5, 5.41) is 20.3. The number of nitriles is 1. The maximum absolute atomic E-state index is 12.2. The zero-order valence-electron chi connectivity index (χ0n) is 16.9. The van der Waals surface area contributed by atoms with Crippen molar-refractivity contribution in [1.29, 1.82) is 5.26 Å². The third kappa shape index (κ3) is 4.83. The summed E-state index contributed by atoms with van der Waals surface area (Å²) in [6.07, 6.45) is 1.76. The normalized spacial score (nSPS) is 16.1. The van der Waals surface area contributed by atoms with Gasteiger partial charge in [0.25, 0.3) is 0 Å². The minimum atomic E-state index is -0.882. The van der Waals surface area contributed by atoms with Crippen LogP contribution in [0.3, 0.4) is 0 Å². The smallest absolute Gasteiger partial charge is 0.325 e. The monoisotopic (exact) mass is 438 g/mol. The fourth-order valence-corrected chi connectivity index (χ4v) is 4.32. The fourth-order valence-electron chi connectivity index (χ4n) is 4.11. The quantitative estimate of drug-likeness (QED) is 0.584. The number of aromatic nitrogens is 1. The number of nitrogens with zero attached hydrogens (tertiary/aromatic N) is 3. The number of benzene rings is 2. The Hall–Kier alpha value is -3.05. The molecule has 160 valence electrons. The molecule has 1 atom stereocenters. The molecule has 2 heterocycles. The van der Waals surface area contributed by atoms with Crippen LogP contribution in [0, 0.1) is 11.3 Å². The molecule has 0 amide bonds. The Kier molecular flexibility index (Phi) is 6.42. The molecule has 1 saturated heterocycles. The first-order valence-electron chi connectivity index (χ1n) is 10.1. The van der Waals surface area contributed by atoms with Gasteiger partial charge in [-0.05, 0) is 35.9 Å². The third-order valence-corrected chi connectivity index (χ3v) is 5.82. The van der Waals surface area contributed by atoms with Crippen LogP contribution in [-0.4, -0.2) is 58.6 Å². The molecule has 3 aromatic rings. The predicted molar refractivity (Wildman–Crippen MR) is 118 cm³/mol. The van der Waals surface area contributed by atoms with Crippen molar-refractivity contribution in [3.63, 3.8) is 0 Å². The first-order chi connectivity index (χ1) is 15.0. The lowest BCUT2D eigenvalue weighted by atomic mass is 10.0.